The molecule has 2 heteroatoms. The van der Waals surface area contributed by atoms with Crippen molar-refractivity contribution in [1.29, 1.82) is 0 Å². The highest BCUT2D eigenvalue weighted by molar-refractivity contribution is 5.86. The summed E-state index contributed by atoms with van der Waals surface area (Å²) in [5.74, 6) is 0. The molecule has 0 aliphatic heterocycles. The third kappa shape index (κ3) is 2.42. The maximum Gasteiger partial charge on any atom is 0.0515 e. The average molecular weight is 257 g/mol. The number of rotatable bonds is 3. The Hall–Kier alpha value is -1.28. The highest BCUT2D eigenvalue weighted by Gasteiger charge is 2.15. The Morgan fingerprint density at radius 1 is 1.21 bits per heavy atom. The zero-order valence-corrected chi connectivity index (χ0v) is 11.9. The van der Waals surface area contributed by atoms with Crippen LogP contribution in [0.2, 0.25) is 0 Å². The molecule has 1 aromatic carbocycles. The second-order valence-electron chi connectivity index (χ2n) is 5.99. The summed E-state index contributed by atoms with van der Waals surface area (Å²) >= 11 is 0. The molecule has 1 atom stereocenters. The summed E-state index contributed by atoms with van der Waals surface area (Å²) in [4.78, 5) is 3.52. The predicted octanol–water partition coefficient (Wildman–Crippen LogP) is 3.67. The molecule has 0 saturated carbocycles. The zero-order valence-electron chi connectivity index (χ0n) is 11.9. The Bertz CT molecular complexity index is 595. The number of benzene rings is 1. The van der Waals surface area contributed by atoms with Crippen molar-refractivity contribution in [3.63, 3.8) is 0 Å². The van der Waals surface area contributed by atoms with Gasteiger partial charge in [0.2, 0.25) is 0 Å². The van der Waals surface area contributed by atoms with Gasteiger partial charge >= 0.3 is 0 Å². The summed E-state index contributed by atoms with van der Waals surface area (Å²) in [6, 6.07) is 4.74. The van der Waals surface area contributed by atoms with Crippen LogP contribution in [-0.2, 0) is 19.3 Å². The number of fused-ring (bicyclic) bond motifs is 2. The minimum atomic E-state index is -0.220. The van der Waals surface area contributed by atoms with Crippen LogP contribution in [0.5, 0.6) is 0 Å². The first kappa shape index (κ1) is 12.7. The molecule has 19 heavy (non-hydrogen) atoms. The molecule has 0 fully saturated rings. The molecule has 3 rings (SSSR count). The van der Waals surface area contributed by atoms with Crippen LogP contribution in [0.15, 0.2) is 12.1 Å². The Kier molecular flexibility index (Phi) is 3.36. The van der Waals surface area contributed by atoms with Crippen LogP contribution in [0.4, 0.5) is 0 Å². The summed E-state index contributed by atoms with van der Waals surface area (Å²) < 4.78 is 0. The third-order valence-electron chi connectivity index (χ3n) is 4.39. The summed E-state index contributed by atoms with van der Waals surface area (Å²) in [5.41, 5.74) is 7.00. The van der Waals surface area contributed by atoms with Crippen molar-refractivity contribution in [2.75, 3.05) is 0 Å². The third-order valence-corrected chi connectivity index (χ3v) is 4.39. The fraction of sp³-hybridized carbons (Fsp3) is 0.529. The van der Waals surface area contributed by atoms with Crippen molar-refractivity contribution in [1.82, 2.24) is 4.98 Å². The molecular weight excluding hydrogens is 234 g/mol. The Labute approximate surface area is 114 Å². The van der Waals surface area contributed by atoms with Gasteiger partial charge in [0.25, 0.3) is 0 Å². The normalized spacial score (nSPS) is 16.6. The molecule has 1 aliphatic carbocycles. The van der Waals surface area contributed by atoms with Gasteiger partial charge in [0.15, 0.2) is 0 Å². The van der Waals surface area contributed by atoms with Gasteiger partial charge in [-0.3, -0.25) is 0 Å². The van der Waals surface area contributed by atoms with Gasteiger partial charge in [-0.25, -0.2) is 0 Å². The molecule has 2 aromatic rings. The number of aromatic nitrogens is 1. The van der Waals surface area contributed by atoms with Crippen LogP contribution >= 0.6 is 0 Å². The first-order valence-corrected chi connectivity index (χ1v) is 7.46. The molecule has 0 radical (unpaired) electrons. The monoisotopic (exact) mass is 257 g/mol. The lowest BCUT2D eigenvalue weighted by molar-refractivity contribution is 0.185. The van der Waals surface area contributed by atoms with Gasteiger partial charge in [-0.05, 0) is 81.2 Å². The van der Waals surface area contributed by atoms with E-state index in [2.05, 4.69) is 24.0 Å². The second kappa shape index (κ2) is 5.01. The van der Waals surface area contributed by atoms with Crippen LogP contribution in [0.25, 0.3) is 10.9 Å². The average Bonchev–Trinajstić information content (AvgIpc) is 2.68. The molecule has 1 aromatic heterocycles. The van der Waals surface area contributed by atoms with Crippen LogP contribution in [0.1, 0.15) is 48.6 Å². The molecule has 0 amide bonds. The van der Waals surface area contributed by atoms with E-state index >= 15 is 0 Å². The van der Waals surface area contributed by atoms with Crippen molar-refractivity contribution in [2.24, 2.45) is 0 Å². The number of hydrogen-bond donors (Lipinski definition) is 2. The van der Waals surface area contributed by atoms with Gasteiger partial charge in [-0.2, -0.15) is 0 Å². The SMILES string of the molecule is Cc1[nH]c2cc3c(cc2c1CCC(C)O)CCCC3. The van der Waals surface area contributed by atoms with Crippen molar-refractivity contribution in [3.05, 3.63) is 34.5 Å². The van der Waals surface area contributed by atoms with Crippen LogP contribution in [0.3, 0.4) is 0 Å². The molecule has 0 spiro atoms. The number of aryl methyl sites for hydroxylation is 4. The van der Waals surface area contributed by atoms with E-state index in [1.54, 1.807) is 0 Å². The Balaban J connectivity index is 2.04. The van der Waals surface area contributed by atoms with Gasteiger partial charge < -0.3 is 10.1 Å². The standard InChI is InChI=1S/C17H23NO/c1-11(19)7-8-15-12(2)18-17-10-14-6-4-3-5-13(14)9-16(15)17/h9-11,18-19H,3-8H2,1-2H3. The van der Waals surface area contributed by atoms with Gasteiger partial charge in [0.05, 0.1) is 6.10 Å². The maximum atomic E-state index is 9.50. The smallest absolute Gasteiger partial charge is 0.0515 e. The number of aliphatic hydroxyl groups is 1. The molecule has 1 heterocycles. The first-order chi connectivity index (χ1) is 9.15. The summed E-state index contributed by atoms with van der Waals surface area (Å²) in [5, 5.41) is 10.9. The Morgan fingerprint density at radius 2 is 1.89 bits per heavy atom. The molecule has 2 N–H and O–H groups in total. The van der Waals surface area contributed by atoms with E-state index < -0.39 is 0 Å². The van der Waals surface area contributed by atoms with Crippen LogP contribution in [-0.4, -0.2) is 16.2 Å². The highest BCUT2D eigenvalue weighted by atomic mass is 16.3. The summed E-state index contributed by atoms with van der Waals surface area (Å²) in [6.45, 7) is 4.02. The quantitative estimate of drug-likeness (QED) is 0.864. The van der Waals surface area contributed by atoms with Gasteiger partial charge in [0, 0.05) is 16.6 Å². The number of aromatic amines is 1. The highest BCUT2D eigenvalue weighted by Crippen LogP contribution is 2.30. The second-order valence-corrected chi connectivity index (χ2v) is 5.99. The largest absolute Gasteiger partial charge is 0.393 e. The van der Waals surface area contributed by atoms with E-state index in [0.29, 0.717) is 0 Å². The van der Waals surface area contributed by atoms with Crippen molar-refractivity contribution in [3.8, 4) is 0 Å². The number of H-pyrrole nitrogens is 1. The molecule has 1 unspecified atom stereocenters. The summed E-state index contributed by atoms with van der Waals surface area (Å²) in [6.07, 6.45) is 6.69. The summed E-state index contributed by atoms with van der Waals surface area (Å²) in [7, 11) is 0. The van der Waals surface area contributed by atoms with E-state index in [1.165, 1.54) is 59.0 Å². The van der Waals surface area contributed by atoms with E-state index in [1.807, 2.05) is 6.92 Å². The van der Waals surface area contributed by atoms with Crippen molar-refractivity contribution in [2.45, 2.75) is 58.5 Å². The lowest BCUT2D eigenvalue weighted by Gasteiger charge is -2.15. The first-order valence-electron chi connectivity index (χ1n) is 7.46. The predicted molar refractivity (Wildman–Crippen MR) is 79.7 cm³/mol. The molecule has 1 aliphatic rings. The van der Waals surface area contributed by atoms with Crippen molar-refractivity contribution < 1.29 is 5.11 Å². The minimum Gasteiger partial charge on any atom is -0.393 e. The fourth-order valence-electron chi connectivity index (χ4n) is 3.29. The number of nitrogens with one attached hydrogen (secondary N) is 1. The fourth-order valence-corrected chi connectivity index (χ4v) is 3.29. The lowest BCUT2D eigenvalue weighted by Crippen LogP contribution is -2.03. The number of aliphatic hydroxyl groups excluding tert-OH is 1. The Morgan fingerprint density at radius 3 is 2.58 bits per heavy atom. The molecule has 102 valence electrons. The zero-order chi connectivity index (χ0) is 13.4. The van der Waals surface area contributed by atoms with E-state index in [4.69, 9.17) is 0 Å². The topological polar surface area (TPSA) is 36.0 Å². The van der Waals surface area contributed by atoms with Gasteiger partial charge in [0.1, 0.15) is 0 Å². The van der Waals surface area contributed by atoms with E-state index in [-0.39, 0.29) is 6.10 Å². The molecule has 0 bridgehead atoms. The van der Waals surface area contributed by atoms with Crippen LogP contribution in [0, 0.1) is 6.92 Å². The van der Waals surface area contributed by atoms with E-state index in [9.17, 15) is 5.11 Å². The molecular formula is C17H23NO. The van der Waals surface area contributed by atoms with Gasteiger partial charge in [-0.1, -0.05) is 0 Å². The molecule has 0 saturated heterocycles. The molecule has 2 nitrogen and oxygen atoms in total. The lowest BCUT2D eigenvalue weighted by atomic mass is 9.90. The van der Waals surface area contributed by atoms with Crippen molar-refractivity contribution >= 4 is 10.9 Å². The van der Waals surface area contributed by atoms with Crippen LogP contribution < -0.4 is 0 Å². The number of hydrogen-bond acceptors (Lipinski definition) is 1. The van der Waals surface area contributed by atoms with E-state index in [0.717, 1.165) is 12.8 Å². The maximum absolute atomic E-state index is 9.50. The van der Waals surface area contributed by atoms with Gasteiger partial charge in [-0.15, -0.1) is 0 Å². The minimum absolute atomic E-state index is 0.220.